The normalized spacial score (nSPS) is 12.2. The summed E-state index contributed by atoms with van der Waals surface area (Å²) < 4.78 is 7.69. The fourth-order valence-electron chi connectivity index (χ4n) is 1.85. The summed E-state index contributed by atoms with van der Waals surface area (Å²) in [5.41, 5.74) is 2.30. The van der Waals surface area contributed by atoms with Gasteiger partial charge in [0.05, 0.1) is 11.4 Å². The molecule has 0 saturated heterocycles. The Morgan fingerprint density at radius 1 is 1.20 bits per heavy atom. The SMILES string of the molecule is CCOc1ccc(C(Br)c2cc(Cl)ccc2I)c(Br)c1. The first kappa shape index (κ1) is 16.6. The molecule has 0 fully saturated rings. The number of rotatable bonds is 4. The summed E-state index contributed by atoms with van der Waals surface area (Å²) in [4.78, 5) is 0.0816. The average molecular weight is 530 g/mol. The molecule has 0 bridgehead atoms. The maximum absolute atomic E-state index is 6.10. The molecule has 2 rings (SSSR count). The Balaban J connectivity index is 2.38. The van der Waals surface area contributed by atoms with Gasteiger partial charge in [-0.1, -0.05) is 49.5 Å². The predicted octanol–water partition coefficient (Wildman–Crippen LogP) is 6.59. The molecule has 20 heavy (non-hydrogen) atoms. The Hall–Kier alpha value is 0.220. The van der Waals surface area contributed by atoms with Gasteiger partial charge in [-0.25, -0.2) is 0 Å². The van der Waals surface area contributed by atoms with Crippen LogP contribution in [0.15, 0.2) is 40.9 Å². The molecule has 0 amide bonds. The minimum atomic E-state index is 0.0816. The quantitative estimate of drug-likeness (QED) is 0.320. The van der Waals surface area contributed by atoms with Gasteiger partial charge in [-0.05, 0) is 71.0 Å². The second-order valence-corrected chi connectivity index (χ2v) is 7.51. The second kappa shape index (κ2) is 7.47. The molecule has 5 heteroatoms. The Morgan fingerprint density at radius 2 is 1.95 bits per heavy atom. The molecule has 1 atom stereocenters. The van der Waals surface area contributed by atoms with Crippen LogP contribution in [0.1, 0.15) is 22.9 Å². The van der Waals surface area contributed by atoms with Gasteiger partial charge in [0.25, 0.3) is 0 Å². The molecule has 0 aliphatic heterocycles. The van der Waals surface area contributed by atoms with E-state index in [1.54, 1.807) is 0 Å². The molecule has 2 aromatic carbocycles. The van der Waals surface area contributed by atoms with Crippen molar-refractivity contribution >= 4 is 66.1 Å². The maximum Gasteiger partial charge on any atom is 0.120 e. The molecule has 106 valence electrons. The summed E-state index contributed by atoms with van der Waals surface area (Å²) in [6.45, 7) is 2.64. The van der Waals surface area contributed by atoms with Crippen molar-refractivity contribution in [3.63, 3.8) is 0 Å². The van der Waals surface area contributed by atoms with E-state index in [1.807, 2.05) is 37.3 Å². The number of alkyl halides is 1. The Morgan fingerprint density at radius 3 is 2.60 bits per heavy atom. The van der Waals surface area contributed by atoms with E-state index in [9.17, 15) is 0 Å². The van der Waals surface area contributed by atoms with E-state index >= 15 is 0 Å². The lowest BCUT2D eigenvalue weighted by Crippen LogP contribution is -1.98. The Kier molecular flexibility index (Phi) is 6.20. The van der Waals surface area contributed by atoms with Gasteiger partial charge in [0.1, 0.15) is 5.75 Å². The predicted molar refractivity (Wildman–Crippen MR) is 100 cm³/mol. The van der Waals surface area contributed by atoms with Gasteiger partial charge in [-0.2, -0.15) is 0 Å². The van der Waals surface area contributed by atoms with Crippen molar-refractivity contribution in [2.45, 2.75) is 11.8 Å². The van der Waals surface area contributed by atoms with Crippen LogP contribution in [0.2, 0.25) is 5.02 Å². The molecule has 0 spiro atoms. The largest absolute Gasteiger partial charge is 0.494 e. The van der Waals surface area contributed by atoms with Gasteiger partial charge in [-0.15, -0.1) is 0 Å². The topological polar surface area (TPSA) is 9.23 Å². The van der Waals surface area contributed by atoms with Crippen LogP contribution < -0.4 is 4.74 Å². The van der Waals surface area contributed by atoms with E-state index < -0.39 is 0 Å². The third-order valence-corrected chi connectivity index (χ3v) is 5.68. The lowest BCUT2D eigenvalue weighted by atomic mass is 10.0. The van der Waals surface area contributed by atoms with E-state index in [0.29, 0.717) is 6.61 Å². The van der Waals surface area contributed by atoms with Gasteiger partial charge in [-0.3, -0.25) is 0 Å². The van der Waals surface area contributed by atoms with Crippen LogP contribution in [0.25, 0.3) is 0 Å². The molecule has 0 aliphatic rings. The van der Waals surface area contributed by atoms with Crippen molar-refractivity contribution in [3.05, 3.63) is 60.6 Å². The first-order valence-corrected chi connectivity index (χ1v) is 9.20. The third-order valence-electron chi connectivity index (χ3n) is 2.79. The standard InChI is InChI=1S/C15H12Br2ClIO/c1-2-20-10-4-5-11(13(16)8-10)15(17)12-7-9(18)3-6-14(12)19/h3-8,15H,2H2,1H3. The first-order valence-electron chi connectivity index (χ1n) is 6.04. The van der Waals surface area contributed by atoms with Crippen molar-refractivity contribution < 1.29 is 4.74 Å². The van der Waals surface area contributed by atoms with Gasteiger partial charge >= 0.3 is 0 Å². The fraction of sp³-hybridized carbons (Fsp3) is 0.200. The van der Waals surface area contributed by atoms with Gasteiger partial charge < -0.3 is 4.74 Å². The van der Waals surface area contributed by atoms with E-state index in [4.69, 9.17) is 16.3 Å². The summed E-state index contributed by atoms with van der Waals surface area (Å²) in [7, 11) is 0. The smallest absolute Gasteiger partial charge is 0.120 e. The number of hydrogen-bond donors (Lipinski definition) is 0. The van der Waals surface area contributed by atoms with Gasteiger partial charge in [0.2, 0.25) is 0 Å². The number of ether oxygens (including phenoxy) is 1. The monoisotopic (exact) mass is 528 g/mol. The van der Waals surface area contributed by atoms with Crippen LogP contribution in [0.5, 0.6) is 5.75 Å². The number of hydrogen-bond acceptors (Lipinski definition) is 1. The molecular formula is C15H12Br2ClIO. The first-order chi connectivity index (χ1) is 9.52. The molecule has 1 unspecified atom stereocenters. The molecule has 0 aliphatic carbocycles. The average Bonchev–Trinajstić information content (AvgIpc) is 2.41. The number of benzene rings is 2. The van der Waals surface area contributed by atoms with Gasteiger partial charge in [0.15, 0.2) is 0 Å². The third kappa shape index (κ3) is 3.90. The zero-order valence-electron chi connectivity index (χ0n) is 10.7. The Bertz CT molecular complexity index is 619. The number of halogens is 4. The van der Waals surface area contributed by atoms with Crippen molar-refractivity contribution in [3.8, 4) is 5.75 Å². The van der Waals surface area contributed by atoms with Crippen LogP contribution in [0.3, 0.4) is 0 Å². The minimum absolute atomic E-state index is 0.0816. The molecule has 0 N–H and O–H groups in total. The van der Waals surface area contributed by atoms with Gasteiger partial charge in [0, 0.05) is 13.1 Å². The highest BCUT2D eigenvalue weighted by Gasteiger charge is 2.17. The van der Waals surface area contributed by atoms with Crippen molar-refractivity contribution in [2.24, 2.45) is 0 Å². The van der Waals surface area contributed by atoms with E-state index in [-0.39, 0.29) is 4.83 Å². The van der Waals surface area contributed by atoms with Crippen LogP contribution in [0.4, 0.5) is 0 Å². The molecule has 0 radical (unpaired) electrons. The van der Waals surface area contributed by atoms with E-state index in [1.165, 1.54) is 3.57 Å². The minimum Gasteiger partial charge on any atom is -0.494 e. The second-order valence-electron chi connectivity index (χ2n) is 4.14. The summed E-state index contributed by atoms with van der Waals surface area (Å²) >= 11 is 15.8. The molecule has 1 nitrogen and oxygen atoms in total. The highest BCUT2D eigenvalue weighted by atomic mass is 127. The molecule has 0 aromatic heterocycles. The molecule has 2 aromatic rings. The van der Waals surface area contributed by atoms with Crippen LogP contribution in [-0.4, -0.2) is 6.61 Å². The lowest BCUT2D eigenvalue weighted by molar-refractivity contribution is 0.340. The zero-order valence-corrected chi connectivity index (χ0v) is 16.8. The Labute approximate surface area is 154 Å². The lowest BCUT2D eigenvalue weighted by Gasteiger charge is -2.16. The van der Waals surface area contributed by atoms with Crippen LogP contribution in [-0.2, 0) is 0 Å². The highest BCUT2D eigenvalue weighted by Crippen LogP contribution is 2.39. The summed E-state index contributed by atoms with van der Waals surface area (Å²) in [5.74, 6) is 0.864. The summed E-state index contributed by atoms with van der Waals surface area (Å²) in [6, 6.07) is 12.0. The highest BCUT2D eigenvalue weighted by molar-refractivity contribution is 14.1. The van der Waals surface area contributed by atoms with E-state index in [2.05, 4.69) is 60.5 Å². The van der Waals surface area contributed by atoms with Crippen LogP contribution in [0, 0.1) is 3.57 Å². The summed E-state index contributed by atoms with van der Waals surface area (Å²) in [5, 5.41) is 0.743. The molecule has 0 heterocycles. The van der Waals surface area contributed by atoms with Crippen molar-refractivity contribution in [2.75, 3.05) is 6.61 Å². The maximum atomic E-state index is 6.10. The molecule has 0 saturated carbocycles. The summed E-state index contributed by atoms with van der Waals surface area (Å²) in [6.07, 6.45) is 0. The van der Waals surface area contributed by atoms with Crippen molar-refractivity contribution in [1.82, 2.24) is 0 Å². The molecular weight excluding hydrogens is 518 g/mol. The van der Waals surface area contributed by atoms with Crippen LogP contribution >= 0.6 is 66.1 Å². The van der Waals surface area contributed by atoms with Crippen molar-refractivity contribution in [1.29, 1.82) is 0 Å². The fourth-order valence-corrected chi connectivity index (χ4v) is 4.77. The van der Waals surface area contributed by atoms with E-state index in [0.717, 1.165) is 26.4 Å². The zero-order chi connectivity index (χ0) is 14.7.